The van der Waals surface area contributed by atoms with Crippen LogP contribution in [0.15, 0.2) is 21.7 Å². The summed E-state index contributed by atoms with van der Waals surface area (Å²) in [5, 5.41) is 2.03. The molecule has 3 rings (SSSR count). The number of aryl methyl sites for hydroxylation is 1. The van der Waals surface area contributed by atoms with Gasteiger partial charge in [0.05, 0.1) is 0 Å². The molecule has 0 fully saturated rings. The molecular weight excluding hydrogens is 312 g/mol. The van der Waals surface area contributed by atoms with Gasteiger partial charge in [-0.05, 0) is 42.0 Å². The molecule has 0 radical (unpaired) electrons. The van der Waals surface area contributed by atoms with E-state index < -0.39 is 10.0 Å². The molecule has 20 heavy (non-hydrogen) atoms. The van der Waals surface area contributed by atoms with Gasteiger partial charge in [0.1, 0.15) is 4.21 Å². The van der Waals surface area contributed by atoms with Crippen LogP contribution < -0.4 is 5.73 Å². The minimum Gasteiger partial charge on any atom is -0.326 e. The Labute approximate surface area is 126 Å². The largest absolute Gasteiger partial charge is 0.326 e. The Bertz CT molecular complexity index is 731. The van der Waals surface area contributed by atoms with E-state index in [9.17, 15) is 8.42 Å². The fourth-order valence-corrected chi connectivity index (χ4v) is 6.31. The minimum atomic E-state index is -3.39. The maximum atomic E-state index is 12.7. The Hall–Kier alpha value is -0.730. The van der Waals surface area contributed by atoms with Gasteiger partial charge < -0.3 is 5.73 Å². The molecule has 0 saturated heterocycles. The SMILES string of the molecule is Cc1cc(S(=O)(=O)N2CCc3sccc3C2)sc1CN. The van der Waals surface area contributed by atoms with Crippen molar-refractivity contribution in [1.82, 2.24) is 4.31 Å². The van der Waals surface area contributed by atoms with Gasteiger partial charge in [0.15, 0.2) is 0 Å². The quantitative estimate of drug-likeness (QED) is 0.940. The predicted octanol–water partition coefficient (Wildman–Crippen LogP) is 2.32. The molecule has 3 heterocycles. The Morgan fingerprint density at radius 2 is 2.25 bits per heavy atom. The zero-order chi connectivity index (χ0) is 14.3. The first-order valence-electron chi connectivity index (χ1n) is 6.37. The first-order valence-corrected chi connectivity index (χ1v) is 9.51. The van der Waals surface area contributed by atoms with Crippen molar-refractivity contribution < 1.29 is 8.42 Å². The summed E-state index contributed by atoms with van der Waals surface area (Å²) in [4.78, 5) is 2.25. The van der Waals surface area contributed by atoms with E-state index in [1.54, 1.807) is 21.7 Å². The second-order valence-electron chi connectivity index (χ2n) is 4.83. The molecule has 0 atom stereocenters. The van der Waals surface area contributed by atoms with Gasteiger partial charge in [-0.3, -0.25) is 0 Å². The summed E-state index contributed by atoms with van der Waals surface area (Å²) in [6.45, 7) is 3.34. The van der Waals surface area contributed by atoms with Gasteiger partial charge in [-0.25, -0.2) is 8.42 Å². The summed E-state index contributed by atoms with van der Waals surface area (Å²) in [5.41, 5.74) is 7.74. The van der Waals surface area contributed by atoms with Crippen LogP contribution in [0.3, 0.4) is 0 Å². The highest BCUT2D eigenvalue weighted by molar-refractivity contribution is 7.91. The second kappa shape index (κ2) is 5.23. The van der Waals surface area contributed by atoms with Crippen LogP contribution in [0.2, 0.25) is 0 Å². The van der Waals surface area contributed by atoms with Crippen molar-refractivity contribution in [2.45, 2.75) is 30.6 Å². The zero-order valence-corrected chi connectivity index (χ0v) is 13.6. The summed E-state index contributed by atoms with van der Waals surface area (Å²) in [7, 11) is -3.39. The van der Waals surface area contributed by atoms with Gasteiger partial charge in [0.2, 0.25) is 0 Å². The highest BCUT2D eigenvalue weighted by Crippen LogP contribution is 2.32. The number of rotatable bonds is 3. The lowest BCUT2D eigenvalue weighted by atomic mass is 10.1. The number of hydrogen-bond donors (Lipinski definition) is 1. The van der Waals surface area contributed by atoms with E-state index in [4.69, 9.17) is 5.73 Å². The number of nitrogens with two attached hydrogens (primary N) is 1. The van der Waals surface area contributed by atoms with Crippen molar-refractivity contribution in [3.63, 3.8) is 0 Å². The van der Waals surface area contributed by atoms with Gasteiger partial charge in [-0.2, -0.15) is 4.31 Å². The van der Waals surface area contributed by atoms with Crippen LogP contribution in [0.5, 0.6) is 0 Å². The fourth-order valence-electron chi connectivity index (χ4n) is 2.37. The van der Waals surface area contributed by atoms with E-state index >= 15 is 0 Å². The van der Waals surface area contributed by atoms with E-state index in [0.717, 1.165) is 22.4 Å². The monoisotopic (exact) mass is 328 g/mol. The molecular formula is C13H16N2O2S3. The van der Waals surface area contributed by atoms with Crippen molar-refractivity contribution >= 4 is 32.7 Å². The van der Waals surface area contributed by atoms with Crippen LogP contribution in [-0.4, -0.2) is 19.3 Å². The molecule has 108 valence electrons. The van der Waals surface area contributed by atoms with Crippen LogP contribution >= 0.6 is 22.7 Å². The fraction of sp³-hybridized carbons (Fsp3) is 0.385. The summed E-state index contributed by atoms with van der Waals surface area (Å²) >= 11 is 3.00. The molecule has 0 saturated carbocycles. The first-order chi connectivity index (χ1) is 9.52. The number of nitrogens with zero attached hydrogens (tertiary/aromatic N) is 1. The Morgan fingerprint density at radius 3 is 2.95 bits per heavy atom. The van der Waals surface area contributed by atoms with Crippen LogP contribution in [0.1, 0.15) is 20.9 Å². The Kier molecular flexibility index (Phi) is 3.72. The Morgan fingerprint density at radius 1 is 1.45 bits per heavy atom. The smallest absolute Gasteiger partial charge is 0.252 e. The number of hydrogen-bond acceptors (Lipinski definition) is 5. The standard InChI is InChI=1S/C13H16N2O2S3/c1-9-6-13(19-12(9)7-14)20(16,17)15-4-2-11-10(8-15)3-5-18-11/h3,5-6H,2,4,7-8,14H2,1H3. The highest BCUT2D eigenvalue weighted by Gasteiger charge is 2.30. The topological polar surface area (TPSA) is 63.4 Å². The highest BCUT2D eigenvalue weighted by atomic mass is 32.2. The summed E-state index contributed by atoms with van der Waals surface area (Å²) in [6, 6.07) is 3.76. The third-order valence-corrected chi connectivity index (χ3v) is 8.13. The first kappa shape index (κ1) is 14.2. The molecule has 2 aromatic heterocycles. The van der Waals surface area contributed by atoms with E-state index in [2.05, 4.69) is 0 Å². The van der Waals surface area contributed by atoms with E-state index in [1.165, 1.54) is 16.2 Å². The molecule has 0 bridgehead atoms. The maximum absolute atomic E-state index is 12.7. The van der Waals surface area contributed by atoms with Gasteiger partial charge >= 0.3 is 0 Å². The number of fused-ring (bicyclic) bond motifs is 1. The van der Waals surface area contributed by atoms with E-state index in [1.807, 2.05) is 18.4 Å². The average Bonchev–Trinajstić information content (AvgIpc) is 3.03. The van der Waals surface area contributed by atoms with Crippen molar-refractivity contribution in [3.05, 3.63) is 38.4 Å². The summed E-state index contributed by atoms with van der Waals surface area (Å²) < 4.78 is 27.4. The molecule has 4 nitrogen and oxygen atoms in total. The molecule has 0 aliphatic carbocycles. The third kappa shape index (κ3) is 2.33. The summed E-state index contributed by atoms with van der Waals surface area (Å²) in [6.07, 6.45) is 0.806. The van der Waals surface area contributed by atoms with Crippen molar-refractivity contribution in [2.24, 2.45) is 5.73 Å². The van der Waals surface area contributed by atoms with E-state index in [0.29, 0.717) is 23.8 Å². The van der Waals surface area contributed by atoms with Gasteiger partial charge in [0, 0.05) is 29.4 Å². The van der Waals surface area contributed by atoms with E-state index in [-0.39, 0.29) is 0 Å². The van der Waals surface area contributed by atoms with Crippen LogP contribution in [0, 0.1) is 6.92 Å². The number of sulfonamides is 1. The second-order valence-corrected chi connectivity index (χ2v) is 9.14. The van der Waals surface area contributed by atoms with Gasteiger partial charge in [-0.15, -0.1) is 22.7 Å². The normalized spacial score (nSPS) is 16.3. The van der Waals surface area contributed by atoms with Gasteiger partial charge in [-0.1, -0.05) is 0 Å². The lowest BCUT2D eigenvalue weighted by Gasteiger charge is -2.25. The molecule has 7 heteroatoms. The predicted molar refractivity (Wildman–Crippen MR) is 82.6 cm³/mol. The van der Waals surface area contributed by atoms with Crippen molar-refractivity contribution in [1.29, 1.82) is 0 Å². The molecule has 0 amide bonds. The molecule has 0 aromatic carbocycles. The minimum absolute atomic E-state index is 0.390. The molecule has 0 unspecified atom stereocenters. The van der Waals surface area contributed by atoms with Crippen LogP contribution in [-0.2, 0) is 29.5 Å². The lowest BCUT2D eigenvalue weighted by Crippen LogP contribution is -2.34. The molecule has 1 aliphatic heterocycles. The van der Waals surface area contributed by atoms with Crippen molar-refractivity contribution in [3.8, 4) is 0 Å². The molecule has 0 spiro atoms. The Balaban J connectivity index is 1.92. The number of thiophene rings is 2. The lowest BCUT2D eigenvalue weighted by molar-refractivity contribution is 0.395. The third-order valence-electron chi connectivity index (χ3n) is 3.55. The molecule has 2 aromatic rings. The zero-order valence-electron chi connectivity index (χ0n) is 11.1. The van der Waals surface area contributed by atoms with Crippen molar-refractivity contribution in [2.75, 3.05) is 6.54 Å². The van der Waals surface area contributed by atoms with Crippen LogP contribution in [0.25, 0.3) is 0 Å². The van der Waals surface area contributed by atoms with Crippen LogP contribution in [0.4, 0.5) is 0 Å². The summed E-state index contributed by atoms with van der Waals surface area (Å²) in [5.74, 6) is 0. The average molecular weight is 328 g/mol. The van der Waals surface area contributed by atoms with Gasteiger partial charge in [0.25, 0.3) is 10.0 Å². The maximum Gasteiger partial charge on any atom is 0.252 e. The molecule has 2 N–H and O–H groups in total. The molecule has 1 aliphatic rings.